The highest BCUT2D eigenvalue weighted by atomic mass is 32.1. The molecule has 4 rings (SSSR count). The molecular formula is C17H12F2N4O3S. The Morgan fingerprint density at radius 1 is 1.26 bits per heavy atom. The lowest BCUT2D eigenvalue weighted by Gasteiger charge is -2.25. The maximum absolute atomic E-state index is 13.2. The third kappa shape index (κ3) is 3.51. The summed E-state index contributed by atoms with van der Waals surface area (Å²) < 4.78 is 35.7. The molecule has 2 aromatic heterocycles. The summed E-state index contributed by atoms with van der Waals surface area (Å²) in [6, 6.07) is 6.45. The largest absolute Gasteiger partial charge is 0.479 e. The number of halogens is 2. The lowest BCUT2D eigenvalue weighted by atomic mass is 10.1. The monoisotopic (exact) mass is 390 g/mol. The van der Waals surface area contributed by atoms with E-state index >= 15 is 0 Å². The van der Waals surface area contributed by atoms with Crippen molar-refractivity contribution in [2.45, 2.75) is 6.11 Å². The van der Waals surface area contributed by atoms with E-state index in [0.717, 1.165) is 16.6 Å². The van der Waals surface area contributed by atoms with E-state index in [9.17, 15) is 13.6 Å². The molecular weight excluding hydrogens is 378 g/mol. The van der Waals surface area contributed by atoms with E-state index in [2.05, 4.69) is 20.0 Å². The number of rotatable bonds is 3. The zero-order valence-corrected chi connectivity index (χ0v) is 14.4. The number of nitrogens with zero attached hydrogens (tertiary/aromatic N) is 2. The Morgan fingerprint density at radius 2 is 2.11 bits per heavy atom. The molecule has 0 saturated heterocycles. The number of hydrogen-bond donors (Lipinski definition) is 2. The van der Waals surface area contributed by atoms with Crippen LogP contribution in [0, 0.1) is 0 Å². The first-order valence-corrected chi connectivity index (χ1v) is 8.59. The van der Waals surface area contributed by atoms with E-state index in [-0.39, 0.29) is 17.2 Å². The van der Waals surface area contributed by atoms with Crippen LogP contribution in [0.3, 0.4) is 0 Å². The van der Waals surface area contributed by atoms with Crippen molar-refractivity contribution >= 4 is 28.6 Å². The SMILES string of the molecule is Nc1ccc(-c2cncs2)cc1NC(=O)c1cc2c(cn1)OC(F)(F)CO2. The summed E-state index contributed by atoms with van der Waals surface area (Å²) in [5.41, 5.74) is 9.23. The first kappa shape index (κ1) is 17.2. The zero-order valence-electron chi connectivity index (χ0n) is 13.6. The number of carbonyl (C=O) groups excluding carboxylic acids is 1. The Morgan fingerprint density at radius 3 is 2.89 bits per heavy atom. The van der Waals surface area contributed by atoms with Gasteiger partial charge in [-0.05, 0) is 17.7 Å². The number of thiazole rings is 1. The van der Waals surface area contributed by atoms with Gasteiger partial charge in [-0.25, -0.2) is 4.98 Å². The van der Waals surface area contributed by atoms with E-state index in [4.69, 9.17) is 10.5 Å². The molecule has 1 aliphatic heterocycles. The van der Waals surface area contributed by atoms with E-state index in [1.165, 1.54) is 17.4 Å². The van der Waals surface area contributed by atoms with E-state index in [1.54, 1.807) is 23.8 Å². The van der Waals surface area contributed by atoms with Crippen LogP contribution in [0.1, 0.15) is 10.5 Å². The highest BCUT2D eigenvalue weighted by Gasteiger charge is 2.38. The van der Waals surface area contributed by atoms with Crippen LogP contribution in [0.4, 0.5) is 20.2 Å². The van der Waals surface area contributed by atoms with Gasteiger partial charge in [0.25, 0.3) is 5.91 Å². The first-order valence-electron chi connectivity index (χ1n) is 7.71. The molecule has 0 spiro atoms. The standard InChI is InChI=1S/C17H12F2N4O3S/c18-17(19)7-25-13-4-12(22-5-14(13)26-17)16(24)23-11-3-9(1-2-10(11)20)15-6-21-8-27-15/h1-6,8H,7,20H2,(H,23,24). The minimum absolute atomic E-state index is 0.0208. The van der Waals surface area contributed by atoms with Crippen molar-refractivity contribution in [1.29, 1.82) is 0 Å². The van der Waals surface area contributed by atoms with Crippen molar-refractivity contribution < 1.29 is 23.0 Å². The molecule has 27 heavy (non-hydrogen) atoms. The number of amides is 1. The van der Waals surface area contributed by atoms with Crippen LogP contribution in [0.2, 0.25) is 0 Å². The molecule has 10 heteroatoms. The molecule has 0 fully saturated rings. The summed E-state index contributed by atoms with van der Waals surface area (Å²) in [6.07, 6.45) is -0.696. The molecule has 0 radical (unpaired) electrons. The average Bonchev–Trinajstić information content (AvgIpc) is 3.17. The molecule has 3 heterocycles. The molecule has 138 valence electrons. The van der Waals surface area contributed by atoms with Crippen LogP contribution < -0.4 is 20.5 Å². The van der Waals surface area contributed by atoms with Gasteiger partial charge < -0.3 is 20.5 Å². The van der Waals surface area contributed by atoms with E-state index in [1.807, 2.05) is 6.07 Å². The number of nitrogens with one attached hydrogen (secondary N) is 1. The molecule has 1 aromatic carbocycles. The van der Waals surface area contributed by atoms with E-state index in [0.29, 0.717) is 11.4 Å². The fraction of sp³-hybridized carbons (Fsp3) is 0.118. The molecule has 3 N–H and O–H groups in total. The molecule has 7 nitrogen and oxygen atoms in total. The molecule has 3 aromatic rings. The van der Waals surface area contributed by atoms with Gasteiger partial charge in [-0.15, -0.1) is 11.3 Å². The van der Waals surface area contributed by atoms with Crippen LogP contribution in [0.15, 0.2) is 42.2 Å². The number of ether oxygens (including phenoxy) is 2. The van der Waals surface area contributed by atoms with Gasteiger partial charge in [0.15, 0.2) is 18.1 Å². The summed E-state index contributed by atoms with van der Waals surface area (Å²) in [7, 11) is 0. The number of alkyl halides is 2. The van der Waals surface area contributed by atoms with Crippen molar-refractivity contribution in [1.82, 2.24) is 9.97 Å². The van der Waals surface area contributed by atoms with Gasteiger partial charge in [-0.3, -0.25) is 9.78 Å². The number of carbonyl (C=O) groups is 1. The Kier molecular flexibility index (Phi) is 4.11. The summed E-state index contributed by atoms with van der Waals surface area (Å²) in [6.45, 7) is -0.936. The van der Waals surface area contributed by atoms with Gasteiger partial charge in [0.05, 0.1) is 28.0 Å². The Bertz CT molecular complexity index is 1010. The first-order chi connectivity index (χ1) is 12.9. The lowest BCUT2D eigenvalue weighted by Crippen LogP contribution is -2.36. The zero-order chi connectivity index (χ0) is 19.0. The Hall–Kier alpha value is -3.27. The molecule has 0 bridgehead atoms. The number of nitrogens with two attached hydrogens (primary N) is 1. The number of nitrogen functional groups attached to an aromatic ring is 1. The van der Waals surface area contributed by atoms with Crippen LogP contribution in [0.5, 0.6) is 11.5 Å². The molecule has 0 saturated carbocycles. The lowest BCUT2D eigenvalue weighted by molar-refractivity contribution is -0.209. The van der Waals surface area contributed by atoms with Gasteiger partial charge in [-0.2, -0.15) is 8.78 Å². The van der Waals surface area contributed by atoms with Gasteiger partial charge >= 0.3 is 6.11 Å². The number of fused-ring (bicyclic) bond motifs is 1. The third-order valence-corrected chi connectivity index (χ3v) is 4.56. The molecule has 0 unspecified atom stereocenters. The molecule has 1 amide bonds. The fourth-order valence-corrected chi connectivity index (χ4v) is 3.07. The Labute approximate surface area is 155 Å². The summed E-state index contributed by atoms with van der Waals surface area (Å²) in [5.74, 6) is -0.770. The highest BCUT2D eigenvalue weighted by Crippen LogP contribution is 2.36. The van der Waals surface area contributed by atoms with Gasteiger partial charge in [-0.1, -0.05) is 6.07 Å². The van der Waals surface area contributed by atoms with Crippen molar-refractivity contribution in [3.63, 3.8) is 0 Å². The topological polar surface area (TPSA) is 99.4 Å². The van der Waals surface area contributed by atoms with Crippen molar-refractivity contribution in [2.24, 2.45) is 0 Å². The van der Waals surface area contributed by atoms with Crippen LogP contribution >= 0.6 is 11.3 Å². The molecule has 1 aliphatic rings. The summed E-state index contributed by atoms with van der Waals surface area (Å²) >= 11 is 1.45. The van der Waals surface area contributed by atoms with Crippen LogP contribution in [0.25, 0.3) is 10.4 Å². The second kappa shape index (κ2) is 6.47. The van der Waals surface area contributed by atoms with Gasteiger partial charge in [0.2, 0.25) is 0 Å². The number of anilines is 2. The maximum atomic E-state index is 13.2. The summed E-state index contributed by atoms with van der Waals surface area (Å²) in [5, 5.41) is 2.67. The highest BCUT2D eigenvalue weighted by molar-refractivity contribution is 7.13. The number of aromatic nitrogens is 2. The smallest absolute Gasteiger partial charge is 0.433 e. The second-order valence-electron chi connectivity index (χ2n) is 5.67. The predicted octanol–water partition coefficient (Wildman–Crippen LogP) is 3.40. The third-order valence-electron chi connectivity index (χ3n) is 3.74. The summed E-state index contributed by atoms with van der Waals surface area (Å²) in [4.78, 5) is 21.3. The minimum atomic E-state index is -3.43. The number of pyridine rings is 1. The Balaban J connectivity index is 1.57. The minimum Gasteiger partial charge on any atom is -0.479 e. The quantitative estimate of drug-likeness (QED) is 0.665. The molecule has 0 atom stereocenters. The van der Waals surface area contributed by atoms with Gasteiger partial charge in [0.1, 0.15) is 5.69 Å². The van der Waals surface area contributed by atoms with Gasteiger partial charge in [0, 0.05) is 12.3 Å². The number of benzene rings is 1. The van der Waals surface area contributed by atoms with Crippen LogP contribution in [-0.4, -0.2) is 28.6 Å². The second-order valence-corrected chi connectivity index (χ2v) is 6.55. The van der Waals surface area contributed by atoms with Crippen molar-refractivity contribution in [2.75, 3.05) is 17.7 Å². The normalized spacial score (nSPS) is 14.6. The van der Waals surface area contributed by atoms with Crippen molar-refractivity contribution in [3.8, 4) is 21.9 Å². The van der Waals surface area contributed by atoms with Crippen molar-refractivity contribution in [3.05, 3.63) is 47.9 Å². The fourth-order valence-electron chi connectivity index (χ4n) is 2.45. The maximum Gasteiger partial charge on any atom is 0.433 e. The average molecular weight is 390 g/mol. The molecule has 0 aliphatic carbocycles. The van der Waals surface area contributed by atoms with Crippen LogP contribution in [-0.2, 0) is 0 Å². The predicted molar refractivity (Wildman–Crippen MR) is 95.2 cm³/mol. The number of hydrogen-bond acceptors (Lipinski definition) is 7. The van der Waals surface area contributed by atoms with E-state index < -0.39 is 18.6 Å².